The first kappa shape index (κ1) is 11.2. The number of amides is 2. The van der Waals surface area contributed by atoms with Gasteiger partial charge in [0.25, 0.3) is 11.8 Å². The third-order valence-corrected chi connectivity index (χ3v) is 3.64. The van der Waals surface area contributed by atoms with E-state index in [4.69, 9.17) is 0 Å². The molecule has 0 N–H and O–H groups in total. The Morgan fingerprint density at radius 3 is 2.33 bits per heavy atom. The van der Waals surface area contributed by atoms with Crippen molar-refractivity contribution in [3.8, 4) is 0 Å². The maximum atomic E-state index is 12.3. The molecule has 3 nitrogen and oxygen atoms in total. The Labute approximate surface area is 106 Å². The molecule has 2 aliphatic rings. The zero-order chi connectivity index (χ0) is 12.5. The molecule has 2 amide bonds. The van der Waals surface area contributed by atoms with Crippen LogP contribution < -0.4 is 0 Å². The van der Waals surface area contributed by atoms with Gasteiger partial charge in [0, 0.05) is 0 Å². The predicted molar refractivity (Wildman–Crippen MR) is 68.3 cm³/mol. The van der Waals surface area contributed by atoms with Crippen molar-refractivity contribution in [1.82, 2.24) is 4.90 Å². The molecule has 0 saturated heterocycles. The van der Waals surface area contributed by atoms with Crippen molar-refractivity contribution in [3.63, 3.8) is 0 Å². The smallest absolute Gasteiger partial charge is 0.262 e. The molecule has 0 aromatic heterocycles. The second-order valence-electron chi connectivity index (χ2n) is 4.81. The topological polar surface area (TPSA) is 37.4 Å². The fourth-order valence-electron chi connectivity index (χ4n) is 2.69. The highest BCUT2D eigenvalue weighted by Gasteiger charge is 2.38. The summed E-state index contributed by atoms with van der Waals surface area (Å²) in [5, 5.41) is 0. The fraction of sp³-hybridized carbons (Fsp3) is 0.333. The lowest BCUT2D eigenvalue weighted by Crippen LogP contribution is -2.38. The van der Waals surface area contributed by atoms with E-state index in [1.165, 1.54) is 4.90 Å². The van der Waals surface area contributed by atoms with Crippen molar-refractivity contribution < 1.29 is 9.59 Å². The molecule has 1 atom stereocenters. The van der Waals surface area contributed by atoms with Gasteiger partial charge < -0.3 is 0 Å². The third kappa shape index (κ3) is 1.67. The normalized spacial score (nSPS) is 23.1. The summed E-state index contributed by atoms with van der Waals surface area (Å²) in [6, 6.07) is 7.00. The fourth-order valence-corrected chi connectivity index (χ4v) is 2.69. The molecular weight excluding hydrogens is 226 g/mol. The van der Waals surface area contributed by atoms with Gasteiger partial charge in [-0.25, -0.2) is 0 Å². The van der Waals surface area contributed by atoms with Gasteiger partial charge in [-0.2, -0.15) is 0 Å². The van der Waals surface area contributed by atoms with Gasteiger partial charge in [-0.3, -0.25) is 14.5 Å². The van der Waals surface area contributed by atoms with Crippen LogP contribution in [-0.2, 0) is 0 Å². The van der Waals surface area contributed by atoms with Gasteiger partial charge in [0.2, 0.25) is 0 Å². The van der Waals surface area contributed by atoms with Gasteiger partial charge in [0.15, 0.2) is 0 Å². The minimum atomic E-state index is -0.146. The third-order valence-electron chi connectivity index (χ3n) is 3.64. The lowest BCUT2D eigenvalue weighted by molar-refractivity contribution is 0.0609. The molecular formula is C15H15NO2. The number of carbonyl (C=O) groups excluding carboxylic acids is 2. The monoisotopic (exact) mass is 241 g/mol. The highest BCUT2D eigenvalue weighted by atomic mass is 16.2. The number of imide groups is 1. The first-order valence-electron chi connectivity index (χ1n) is 6.42. The summed E-state index contributed by atoms with van der Waals surface area (Å²) in [6.07, 6.45) is 8.21. The summed E-state index contributed by atoms with van der Waals surface area (Å²) < 4.78 is 0. The Balaban J connectivity index is 1.96. The average molecular weight is 241 g/mol. The quantitative estimate of drug-likeness (QED) is 0.560. The van der Waals surface area contributed by atoms with E-state index >= 15 is 0 Å². The molecule has 1 aromatic carbocycles. The van der Waals surface area contributed by atoms with Gasteiger partial charge in [-0.05, 0) is 31.4 Å². The van der Waals surface area contributed by atoms with Gasteiger partial charge in [0.1, 0.15) is 0 Å². The highest BCUT2D eigenvalue weighted by Crippen LogP contribution is 2.27. The minimum Gasteiger partial charge on any atom is -0.269 e. The second-order valence-corrected chi connectivity index (χ2v) is 4.81. The summed E-state index contributed by atoms with van der Waals surface area (Å²) in [6.45, 7) is 0. The largest absolute Gasteiger partial charge is 0.269 e. The number of allylic oxidation sites excluding steroid dienone is 1. The molecule has 0 saturated carbocycles. The molecule has 0 radical (unpaired) electrons. The molecule has 1 heterocycles. The molecule has 3 rings (SSSR count). The molecule has 0 spiro atoms. The number of fused-ring (bicyclic) bond motifs is 1. The Bertz CT molecular complexity index is 498. The molecule has 1 aliphatic heterocycles. The molecule has 1 aromatic rings. The molecule has 0 fully saturated rings. The van der Waals surface area contributed by atoms with E-state index in [1.54, 1.807) is 24.3 Å². The molecule has 18 heavy (non-hydrogen) atoms. The number of hydrogen-bond donors (Lipinski definition) is 0. The molecule has 92 valence electrons. The Kier molecular flexibility index (Phi) is 2.74. The molecule has 1 aliphatic carbocycles. The second kappa shape index (κ2) is 4.41. The summed E-state index contributed by atoms with van der Waals surface area (Å²) >= 11 is 0. The minimum absolute atomic E-state index is 0.0695. The first-order chi connectivity index (χ1) is 8.79. The van der Waals surface area contributed by atoms with Crippen LogP contribution in [0.2, 0.25) is 0 Å². The first-order valence-corrected chi connectivity index (χ1v) is 6.42. The summed E-state index contributed by atoms with van der Waals surface area (Å²) in [5.41, 5.74) is 1.08. The van der Waals surface area contributed by atoms with E-state index in [0.717, 1.165) is 25.7 Å². The maximum Gasteiger partial charge on any atom is 0.262 e. The number of carbonyl (C=O) groups is 2. The molecule has 0 bridgehead atoms. The van der Waals surface area contributed by atoms with Crippen LogP contribution in [0.3, 0.4) is 0 Å². The van der Waals surface area contributed by atoms with Gasteiger partial charge in [-0.1, -0.05) is 30.7 Å². The van der Waals surface area contributed by atoms with E-state index in [1.807, 2.05) is 6.08 Å². The van der Waals surface area contributed by atoms with E-state index < -0.39 is 0 Å². The van der Waals surface area contributed by atoms with Crippen molar-refractivity contribution in [1.29, 1.82) is 0 Å². The van der Waals surface area contributed by atoms with Crippen molar-refractivity contribution >= 4 is 11.8 Å². The van der Waals surface area contributed by atoms with Gasteiger partial charge in [0.05, 0.1) is 17.2 Å². The Morgan fingerprint density at radius 1 is 1.00 bits per heavy atom. The highest BCUT2D eigenvalue weighted by molar-refractivity contribution is 6.21. The number of nitrogens with zero attached hydrogens (tertiary/aromatic N) is 1. The van der Waals surface area contributed by atoms with Crippen LogP contribution in [0.5, 0.6) is 0 Å². The van der Waals surface area contributed by atoms with Gasteiger partial charge >= 0.3 is 0 Å². The Hall–Kier alpha value is -1.90. The predicted octanol–water partition coefficient (Wildman–Crippen LogP) is 2.78. The van der Waals surface area contributed by atoms with Crippen LogP contribution in [0, 0.1) is 0 Å². The number of benzene rings is 1. The Morgan fingerprint density at radius 2 is 1.67 bits per heavy atom. The maximum absolute atomic E-state index is 12.3. The lowest BCUT2D eigenvalue weighted by atomic mass is 10.1. The van der Waals surface area contributed by atoms with Crippen LogP contribution in [0.25, 0.3) is 0 Å². The zero-order valence-corrected chi connectivity index (χ0v) is 10.1. The van der Waals surface area contributed by atoms with Crippen molar-refractivity contribution in [2.45, 2.75) is 31.7 Å². The van der Waals surface area contributed by atoms with Crippen molar-refractivity contribution in [2.75, 3.05) is 0 Å². The number of rotatable bonds is 1. The van der Waals surface area contributed by atoms with Crippen molar-refractivity contribution in [2.24, 2.45) is 0 Å². The number of hydrogen-bond acceptors (Lipinski definition) is 2. The average Bonchev–Trinajstić information content (AvgIpc) is 2.61. The summed E-state index contributed by atoms with van der Waals surface area (Å²) in [5.74, 6) is -0.292. The van der Waals surface area contributed by atoms with Crippen LogP contribution in [0.1, 0.15) is 46.4 Å². The summed E-state index contributed by atoms with van der Waals surface area (Å²) in [7, 11) is 0. The standard InChI is InChI=1S/C15H15NO2/c17-14-12-9-5-6-10-13(12)15(18)16(14)11-7-3-1-2-4-8-11/h3,5-7,9-11H,1-2,4,8H2/t11-/m0/s1. The van der Waals surface area contributed by atoms with Crippen LogP contribution >= 0.6 is 0 Å². The van der Waals surface area contributed by atoms with E-state index in [-0.39, 0.29) is 17.9 Å². The van der Waals surface area contributed by atoms with Crippen LogP contribution in [-0.4, -0.2) is 22.8 Å². The SMILES string of the molecule is O=C1c2ccccc2C(=O)N1[C@H]1C=CCCCC1. The summed E-state index contributed by atoms with van der Waals surface area (Å²) in [4.78, 5) is 26.0. The van der Waals surface area contributed by atoms with E-state index in [2.05, 4.69) is 6.08 Å². The van der Waals surface area contributed by atoms with E-state index in [9.17, 15) is 9.59 Å². The molecule has 3 heteroatoms. The van der Waals surface area contributed by atoms with Crippen LogP contribution in [0.4, 0.5) is 0 Å². The van der Waals surface area contributed by atoms with E-state index in [0.29, 0.717) is 11.1 Å². The van der Waals surface area contributed by atoms with Gasteiger partial charge in [-0.15, -0.1) is 0 Å². The lowest BCUT2D eigenvalue weighted by Gasteiger charge is -2.22. The molecule has 0 unspecified atom stereocenters. The zero-order valence-electron chi connectivity index (χ0n) is 10.1. The van der Waals surface area contributed by atoms with Crippen LogP contribution in [0.15, 0.2) is 36.4 Å². The van der Waals surface area contributed by atoms with Crippen molar-refractivity contribution in [3.05, 3.63) is 47.5 Å².